The lowest BCUT2D eigenvalue weighted by Gasteiger charge is -2.39. The van der Waals surface area contributed by atoms with Gasteiger partial charge in [-0.3, -0.25) is 9.69 Å². The van der Waals surface area contributed by atoms with E-state index in [0.29, 0.717) is 18.0 Å². The molecule has 2 saturated heterocycles. The van der Waals surface area contributed by atoms with Gasteiger partial charge in [0.2, 0.25) is 5.91 Å². The largest absolute Gasteiger partial charge is 0.493 e. The Hall–Kier alpha value is -2.47. The molecule has 3 heterocycles. The summed E-state index contributed by atoms with van der Waals surface area (Å²) in [5.41, 5.74) is 0.717. The number of piperidine rings is 1. The van der Waals surface area contributed by atoms with E-state index < -0.39 is 0 Å². The molecular formula is C22H28N2O4. The molecule has 1 unspecified atom stereocenters. The topological polar surface area (TPSA) is 55.2 Å². The van der Waals surface area contributed by atoms with E-state index in [2.05, 4.69) is 4.90 Å². The molecule has 2 fully saturated rings. The predicted molar refractivity (Wildman–Crippen MR) is 105 cm³/mol. The normalized spacial score (nSPS) is 22.8. The summed E-state index contributed by atoms with van der Waals surface area (Å²) in [4.78, 5) is 17.8. The van der Waals surface area contributed by atoms with Gasteiger partial charge in [0.25, 0.3) is 0 Å². The third-order valence-electron chi connectivity index (χ3n) is 6.06. The molecule has 150 valence electrons. The Labute approximate surface area is 166 Å². The third kappa shape index (κ3) is 3.49. The predicted octanol–water partition coefficient (Wildman–Crippen LogP) is 3.31. The summed E-state index contributed by atoms with van der Waals surface area (Å²) >= 11 is 0. The molecule has 1 spiro atoms. The monoisotopic (exact) mass is 384 g/mol. The van der Waals surface area contributed by atoms with Crippen LogP contribution in [-0.4, -0.2) is 49.6 Å². The number of rotatable bonds is 6. The van der Waals surface area contributed by atoms with Gasteiger partial charge in [-0.05, 0) is 44.0 Å². The van der Waals surface area contributed by atoms with Gasteiger partial charge < -0.3 is 18.8 Å². The fourth-order valence-corrected chi connectivity index (χ4v) is 4.68. The SMILES string of the molecule is COc1cccc(CN2CCCC3(CCN(Cc4ccco4)C3)C2=O)c1OC. The van der Waals surface area contributed by atoms with Gasteiger partial charge >= 0.3 is 0 Å². The molecule has 0 N–H and O–H groups in total. The maximum atomic E-state index is 13.5. The molecule has 1 atom stereocenters. The van der Waals surface area contributed by atoms with Crippen molar-refractivity contribution in [2.24, 2.45) is 5.41 Å². The number of carbonyl (C=O) groups is 1. The molecule has 2 aliphatic heterocycles. The molecule has 6 heteroatoms. The smallest absolute Gasteiger partial charge is 0.230 e. The Morgan fingerprint density at radius 1 is 1.07 bits per heavy atom. The van der Waals surface area contributed by atoms with Crippen LogP contribution in [0.4, 0.5) is 0 Å². The Kier molecular flexibility index (Phi) is 5.31. The number of likely N-dealkylation sites (tertiary alicyclic amines) is 2. The number of furan rings is 1. The highest BCUT2D eigenvalue weighted by molar-refractivity contribution is 5.84. The fourth-order valence-electron chi connectivity index (χ4n) is 4.68. The molecule has 0 saturated carbocycles. The average molecular weight is 384 g/mol. The van der Waals surface area contributed by atoms with Gasteiger partial charge in [-0.15, -0.1) is 0 Å². The van der Waals surface area contributed by atoms with Gasteiger partial charge in [0.15, 0.2) is 11.5 Å². The van der Waals surface area contributed by atoms with Crippen LogP contribution in [0.15, 0.2) is 41.0 Å². The maximum Gasteiger partial charge on any atom is 0.230 e. The lowest BCUT2D eigenvalue weighted by Crippen LogP contribution is -2.49. The van der Waals surface area contributed by atoms with Gasteiger partial charge in [-0.1, -0.05) is 12.1 Å². The fraction of sp³-hybridized carbons (Fsp3) is 0.500. The Morgan fingerprint density at radius 3 is 2.71 bits per heavy atom. The second-order valence-electron chi connectivity index (χ2n) is 7.80. The zero-order valence-corrected chi connectivity index (χ0v) is 16.6. The molecule has 0 bridgehead atoms. The molecule has 4 rings (SSSR count). The van der Waals surface area contributed by atoms with E-state index in [1.54, 1.807) is 20.5 Å². The van der Waals surface area contributed by atoms with Crippen molar-refractivity contribution < 1.29 is 18.7 Å². The first-order valence-corrected chi connectivity index (χ1v) is 9.89. The number of para-hydroxylation sites is 1. The van der Waals surface area contributed by atoms with Gasteiger partial charge in [0, 0.05) is 25.2 Å². The molecule has 1 aromatic carbocycles. The van der Waals surface area contributed by atoms with E-state index in [4.69, 9.17) is 13.9 Å². The number of methoxy groups -OCH3 is 2. The number of hydrogen-bond acceptors (Lipinski definition) is 5. The highest BCUT2D eigenvalue weighted by Crippen LogP contribution is 2.41. The number of hydrogen-bond donors (Lipinski definition) is 0. The Morgan fingerprint density at radius 2 is 1.96 bits per heavy atom. The lowest BCUT2D eigenvalue weighted by molar-refractivity contribution is -0.146. The van der Waals surface area contributed by atoms with E-state index in [1.165, 1.54) is 0 Å². The number of nitrogens with zero attached hydrogens (tertiary/aromatic N) is 2. The minimum Gasteiger partial charge on any atom is -0.493 e. The van der Waals surface area contributed by atoms with Crippen LogP contribution in [0.5, 0.6) is 11.5 Å². The molecule has 2 aliphatic rings. The molecule has 1 aromatic heterocycles. The average Bonchev–Trinajstić information content (AvgIpc) is 3.36. The van der Waals surface area contributed by atoms with Gasteiger partial charge in [0.1, 0.15) is 5.76 Å². The third-order valence-corrected chi connectivity index (χ3v) is 6.06. The first kappa shape index (κ1) is 18.9. The summed E-state index contributed by atoms with van der Waals surface area (Å²) < 4.78 is 16.4. The summed E-state index contributed by atoms with van der Waals surface area (Å²) in [5, 5.41) is 0. The number of ether oxygens (including phenoxy) is 2. The van der Waals surface area contributed by atoms with E-state index in [1.807, 2.05) is 35.2 Å². The molecule has 2 aromatic rings. The summed E-state index contributed by atoms with van der Waals surface area (Å²) in [7, 11) is 3.28. The maximum absolute atomic E-state index is 13.5. The Bertz CT molecular complexity index is 820. The molecular weight excluding hydrogens is 356 g/mol. The van der Waals surface area contributed by atoms with Crippen LogP contribution >= 0.6 is 0 Å². The van der Waals surface area contributed by atoms with E-state index in [-0.39, 0.29) is 11.3 Å². The highest BCUT2D eigenvalue weighted by Gasteiger charge is 2.48. The molecule has 1 amide bonds. The summed E-state index contributed by atoms with van der Waals surface area (Å²) in [6, 6.07) is 9.74. The van der Waals surface area contributed by atoms with Gasteiger partial charge in [0.05, 0.1) is 32.4 Å². The number of benzene rings is 1. The van der Waals surface area contributed by atoms with Crippen LogP contribution in [0, 0.1) is 5.41 Å². The quantitative estimate of drug-likeness (QED) is 0.765. The van der Waals surface area contributed by atoms with Crippen molar-refractivity contribution in [2.75, 3.05) is 33.9 Å². The molecule has 0 aliphatic carbocycles. The first-order valence-electron chi connectivity index (χ1n) is 9.89. The standard InChI is InChI=1S/C22H28N2O4/c1-26-19-8-3-6-17(20(19)27-2)14-24-11-5-9-22(21(24)25)10-12-23(16-22)15-18-7-4-13-28-18/h3-4,6-8,13H,5,9-12,14-16H2,1-2H3. The minimum absolute atomic E-state index is 0.267. The summed E-state index contributed by atoms with van der Waals surface area (Å²) in [6.07, 6.45) is 4.62. The van der Waals surface area contributed by atoms with Crippen LogP contribution in [0.25, 0.3) is 0 Å². The van der Waals surface area contributed by atoms with Gasteiger partial charge in [-0.25, -0.2) is 0 Å². The first-order chi connectivity index (χ1) is 13.6. The van der Waals surface area contributed by atoms with Crippen LogP contribution in [0.2, 0.25) is 0 Å². The van der Waals surface area contributed by atoms with Crippen molar-refractivity contribution in [3.63, 3.8) is 0 Å². The zero-order chi connectivity index (χ0) is 19.6. The summed E-state index contributed by atoms with van der Waals surface area (Å²) in [5.74, 6) is 2.64. The van der Waals surface area contributed by atoms with Crippen molar-refractivity contribution in [3.8, 4) is 11.5 Å². The van der Waals surface area contributed by atoms with E-state index >= 15 is 0 Å². The van der Waals surface area contributed by atoms with Gasteiger partial charge in [-0.2, -0.15) is 0 Å². The van der Waals surface area contributed by atoms with Crippen molar-refractivity contribution in [1.29, 1.82) is 0 Å². The van der Waals surface area contributed by atoms with Crippen LogP contribution in [0.1, 0.15) is 30.6 Å². The van der Waals surface area contributed by atoms with Crippen LogP contribution < -0.4 is 9.47 Å². The molecule has 6 nitrogen and oxygen atoms in total. The minimum atomic E-state index is -0.267. The zero-order valence-electron chi connectivity index (χ0n) is 16.6. The number of carbonyl (C=O) groups excluding carboxylic acids is 1. The molecule has 28 heavy (non-hydrogen) atoms. The van der Waals surface area contributed by atoms with Crippen LogP contribution in [0.3, 0.4) is 0 Å². The van der Waals surface area contributed by atoms with Crippen LogP contribution in [-0.2, 0) is 17.9 Å². The van der Waals surface area contributed by atoms with E-state index in [0.717, 1.165) is 56.8 Å². The van der Waals surface area contributed by atoms with E-state index in [9.17, 15) is 4.79 Å². The second-order valence-corrected chi connectivity index (χ2v) is 7.80. The van der Waals surface area contributed by atoms with Crippen molar-refractivity contribution in [1.82, 2.24) is 9.80 Å². The second kappa shape index (κ2) is 7.87. The highest BCUT2D eigenvalue weighted by atomic mass is 16.5. The van der Waals surface area contributed by atoms with Crippen molar-refractivity contribution >= 4 is 5.91 Å². The lowest BCUT2D eigenvalue weighted by atomic mass is 9.78. The summed E-state index contributed by atoms with van der Waals surface area (Å²) in [6.45, 7) is 3.85. The molecule has 0 radical (unpaired) electrons. The Balaban J connectivity index is 1.48. The van der Waals surface area contributed by atoms with Crippen molar-refractivity contribution in [2.45, 2.75) is 32.4 Å². The number of amides is 1. The van der Waals surface area contributed by atoms with Crippen molar-refractivity contribution in [3.05, 3.63) is 47.9 Å².